The van der Waals surface area contributed by atoms with E-state index in [4.69, 9.17) is 4.42 Å². The Morgan fingerprint density at radius 1 is 1.35 bits per heavy atom. The van der Waals surface area contributed by atoms with Gasteiger partial charge in [0.25, 0.3) is 0 Å². The normalized spacial score (nSPS) is 20.6. The van der Waals surface area contributed by atoms with Crippen LogP contribution in [-0.2, 0) is 6.54 Å². The van der Waals surface area contributed by atoms with Crippen molar-refractivity contribution in [1.29, 1.82) is 0 Å². The molecular formula is C11H17F2N3O. The number of aromatic nitrogens is 2. The van der Waals surface area contributed by atoms with Crippen LogP contribution in [0.25, 0.3) is 0 Å². The zero-order valence-electron chi connectivity index (χ0n) is 9.88. The molecule has 1 aliphatic rings. The third-order valence-electron chi connectivity index (χ3n) is 3.08. The van der Waals surface area contributed by atoms with E-state index in [1.807, 2.05) is 6.92 Å². The average Bonchev–Trinajstić information content (AvgIpc) is 2.75. The molecule has 0 spiro atoms. The van der Waals surface area contributed by atoms with Gasteiger partial charge in [0, 0.05) is 18.8 Å². The molecule has 6 heteroatoms. The van der Waals surface area contributed by atoms with E-state index in [0.717, 1.165) is 6.54 Å². The molecule has 1 aliphatic carbocycles. The summed E-state index contributed by atoms with van der Waals surface area (Å²) in [6, 6.07) is 0. The number of nitrogens with zero attached hydrogens (tertiary/aromatic N) is 2. The van der Waals surface area contributed by atoms with Crippen LogP contribution in [0.4, 0.5) is 8.78 Å². The molecule has 0 aromatic carbocycles. The summed E-state index contributed by atoms with van der Waals surface area (Å²) < 4.78 is 31.4. The number of hydrogen-bond donors (Lipinski definition) is 1. The summed E-state index contributed by atoms with van der Waals surface area (Å²) in [5.41, 5.74) is 0. The van der Waals surface area contributed by atoms with Gasteiger partial charge in [0.05, 0.1) is 6.54 Å². The average molecular weight is 245 g/mol. The van der Waals surface area contributed by atoms with Crippen molar-refractivity contribution in [3.8, 4) is 0 Å². The molecular weight excluding hydrogens is 228 g/mol. The first-order chi connectivity index (χ1) is 8.11. The largest absolute Gasteiger partial charge is 0.424 e. The number of halogens is 2. The summed E-state index contributed by atoms with van der Waals surface area (Å²) in [5.74, 6) is -1.48. The molecule has 0 saturated heterocycles. The Morgan fingerprint density at radius 3 is 2.71 bits per heavy atom. The molecule has 17 heavy (non-hydrogen) atoms. The quantitative estimate of drug-likeness (QED) is 0.885. The molecule has 1 aromatic heterocycles. The zero-order valence-corrected chi connectivity index (χ0v) is 9.88. The highest BCUT2D eigenvalue weighted by Gasteiger charge is 2.37. The van der Waals surface area contributed by atoms with Gasteiger partial charge < -0.3 is 9.73 Å². The molecule has 1 heterocycles. The van der Waals surface area contributed by atoms with Crippen LogP contribution in [0, 0.1) is 0 Å². The Bertz CT molecular complexity index is 357. The number of alkyl halides is 2. The molecule has 0 unspecified atom stereocenters. The maximum Gasteiger partial charge on any atom is 0.248 e. The highest BCUT2D eigenvalue weighted by atomic mass is 19.3. The molecule has 0 atom stereocenters. The van der Waals surface area contributed by atoms with Gasteiger partial charge in [0.1, 0.15) is 0 Å². The topological polar surface area (TPSA) is 51.0 Å². The van der Waals surface area contributed by atoms with E-state index in [9.17, 15) is 8.78 Å². The fraction of sp³-hybridized carbons (Fsp3) is 0.818. The minimum Gasteiger partial charge on any atom is -0.424 e. The van der Waals surface area contributed by atoms with Crippen molar-refractivity contribution >= 4 is 0 Å². The molecule has 96 valence electrons. The van der Waals surface area contributed by atoms with Crippen molar-refractivity contribution in [3.63, 3.8) is 0 Å². The lowest BCUT2D eigenvalue weighted by molar-refractivity contribution is -0.0399. The summed E-state index contributed by atoms with van der Waals surface area (Å²) in [4.78, 5) is 0. The van der Waals surface area contributed by atoms with Crippen LogP contribution in [0.5, 0.6) is 0 Å². The Morgan fingerprint density at radius 2 is 2.06 bits per heavy atom. The van der Waals surface area contributed by atoms with E-state index in [0.29, 0.717) is 31.2 Å². The third kappa shape index (κ3) is 3.21. The van der Waals surface area contributed by atoms with Crippen LogP contribution in [0.15, 0.2) is 4.42 Å². The van der Waals surface area contributed by atoms with E-state index in [-0.39, 0.29) is 18.8 Å². The lowest BCUT2D eigenvalue weighted by Crippen LogP contribution is -2.23. The van der Waals surface area contributed by atoms with Crippen molar-refractivity contribution in [2.24, 2.45) is 0 Å². The second kappa shape index (κ2) is 5.08. The molecule has 1 fully saturated rings. The van der Waals surface area contributed by atoms with Crippen molar-refractivity contribution in [1.82, 2.24) is 15.5 Å². The van der Waals surface area contributed by atoms with Crippen LogP contribution >= 0.6 is 0 Å². The predicted octanol–water partition coefficient (Wildman–Crippen LogP) is 2.47. The van der Waals surface area contributed by atoms with E-state index in [1.54, 1.807) is 0 Å². The maximum absolute atomic E-state index is 13.0. The van der Waals surface area contributed by atoms with Crippen molar-refractivity contribution in [3.05, 3.63) is 11.8 Å². The Balaban J connectivity index is 1.92. The molecule has 0 bridgehead atoms. The van der Waals surface area contributed by atoms with E-state index >= 15 is 0 Å². The van der Waals surface area contributed by atoms with Crippen LogP contribution < -0.4 is 5.32 Å². The van der Waals surface area contributed by atoms with Gasteiger partial charge in [-0.05, 0) is 19.4 Å². The molecule has 1 aromatic rings. The van der Waals surface area contributed by atoms with Crippen molar-refractivity contribution in [2.45, 2.75) is 51.0 Å². The summed E-state index contributed by atoms with van der Waals surface area (Å²) in [6.45, 7) is 3.35. The van der Waals surface area contributed by atoms with E-state index < -0.39 is 5.92 Å². The first-order valence-corrected chi connectivity index (χ1v) is 6.01. The number of nitrogens with one attached hydrogen (secondary N) is 1. The Hall–Kier alpha value is -1.04. The summed E-state index contributed by atoms with van der Waals surface area (Å²) in [7, 11) is 0. The lowest BCUT2D eigenvalue weighted by atomic mass is 9.87. The summed E-state index contributed by atoms with van der Waals surface area (Å²) in [5, 5.41) is 10.9. The second-order valence-electron chi connectivity index (χ2n) is 4.44. The van der Waals surface area contributed by atoms with Gasteiger partial charge in [-0.3, -0.25) is 0 Å². The minimum atomic E-state index is -2.51. The lowest BCUT2D eigenvalue weighted by Gasteiger charge is -2.25. The number of rotatable bonds is 4. The van der Waals surface area contributed by atoms with Crippen molar-refractivity contribution < 1.29 is 13.2 Å². The molecule has 1 N–H and O–H groups in total. The highest BCUT2D eigenvalue weighted by molar-refractivity contribution is 4.95. The van der Waals surface area contributed by atoms with Gasteiger partial charge in [-0.1, -0.05) is 6.92 Å². The second-order valence-corrected chi connectivity index (χ2v) is 4.44. The smallest absolute Gasteiger partial charge is 0.248 e. The predicted molar refractivity (Wildman–Crippen MR) is 57.8 cm³/mol. The first kappa shape index (κ1) is 12.4. The van der Waals surface area contributed by atoms with Crippen LogP contribution in [-0.4, -0.2) is 22.7 Å². The monoisotopic (exact) mass is 245 g/mol. The van der Waals surface area contributed by atoms with Crippen LogP contribution in [0.3, 0.4) is 0 Å². The Labute approximate surface area is 98.8 Å². The summed E-state index contributed by atoms with van der Waals surface area (Å²) >= 11 is 0. The van der Waals surface area contributed by atoms with Crippen molar-refractivity contribution in [2.75, 3.05) is 6.54 Å². The van der Waals surface area contributed by atoms with Gasteiger partial charge >= 0.3 is 0 Å². The maximum atomic E-state index is 13.0. The molecule has 1 saturated carbocycles. The number of hydrogen-bond acceptors (Lipinski definition) is 4. The molecule has 0 aliphatic heterocycles. The van der Waals surface area contributed by atoms with Gasteiger partial charge in [-0.25, -0.2) is 8.78 Å². The Kier molecular flexibility index (Phi) is 3.71. The molecule has 0 amide bonds. The summed E-state index contributed by atoms with van der Waals surface area (Å²) in [6.07, 6.45) is 0.691. The van der Waals surface area contributed by atoms with E-state index in [1.165, 1.54) is 0 Å². The van der Waals surface area contributed by atoms with Gasteiger partial charge in [-0.15, -0.1) is 10.2 Å². The first-order valence-electron chi connectivity index (χ1n) is 6.01. The highest BCUT2D eigenvalue weighted by Crippen LogP contribution is 2.40. The molecule has 4 nitrogen and oxygen atoms in total. The fourth-order valence-corrected chi connectivity index (χ4v) is 2.02. The third-order valence-corrected chi connectivity index (χ3v) is 3.08. The van der Waals surface area contributed by atoms with Gasteiger partial charge in [0.2, 0.25) is 17.7 Å². The molecule has 2 rings (SSSR count). The fourth-order valence-electron chi connectivity index (χ4n) is 2.02. The van der Waals surface area contributed by atoms with Crippen LogP contribution in [0.2, 0.25) is 0 Å². The van der Waals surface area contributed by atoms with Gasteiger partial charge in [-0.2, -0.15) is 0 Å². The SMILES string of the molecule is CCNCc1nnc(C2CCC(F)(F)CC2)o1. The molecule has 0 radical (unpaired) electrons. The standard InChI is InChI=1S/C11H17F2N3O/c1-2-14-7-9-15-16-10(17-9)8-3-5-11(12,13)6-4-8/h8,14H,2-7H2,1H3. The minimum absolute atomic E-state index is 0.00231. The van der Waals surface area contributed by atoms with E-state index in [2.05, 4.69) is 15.5 Å². The van der Waals surface area contributed by atoms with Gasteiger partial charge in [0.15, 0.2) is 0 Å². The van der Waals surface area contributed by atoms with Crippen LogP contribution in [0.1, 0.15) is 50.3 Å². The zero-order chi connectivity index (χ0) is 12.3.